The molecule has 0 heterocycles. The molecule has 0 aliphatic rings. The highest BCUT2D eigenvalue weighted by molar-refractivity contribution is 7.85. The van der Waals surface area contributed by atoms with E-state index in [0.29, 0.717) is 11.8 Å². The molecule has 184 valence electrons. The van der Waals surface area contributed by atoms with Gasteiger partial charge in [0.25, 0.3) is 0 Å². The minimum absolute atomic E-state index is 0.0366. The summed E-state index contributed by atoms with van der Waals surface area (Å²) < 4.78 is 95.9. The van der Waals surface area contributed by atoms with E-state index < -0.39 is 44.1 Å². The maximum Gasteiger partial charge on any atom is 0.357 e. The molecule has 0 bridgehead atoms. The standard InChI is InChI=1S/C18H22I.C6HF5O3S/c1-13(2)15-5-9-17(10-6-15)19-18-11-7-16(8-12-18)14(3)4;7-1-2(8)4(10)6(15(12,13)14)5(11)3(1)9/h5-14H,1-4H3;(H,12,13,14)/q+1;/p-1. The molecule has 0 aliphatic carbocycles. The Bertz CT molecular complexity index is 1160. The van der Waals surface area contributed by atoms with E-state index in [1.165, 1.54) is 18.3 Å². The maximum atomic E-state index is 12.6. The van der Waals surface area contributed by atoms with Crippen LogP contribution in [0.25, 0.3) is 0 Å². The summed E-state index contributed by atoms with van der Waals surface area (Å²) in [6.07, 6.45) is 0. The Kier molecular flexibility index (Phi) is 9.61. The molecule has 10 heteroatoms. The largest absolute Gasteiger partial charge is 0.744 e. The minimum Gasteiger partial charge on any atom is -0.744 e. The molecule has 3 aromatic carbocycles. The van der Waals surface area contributed by atoms with Gasteiger partial charge in [0.05, 0.1) is 0 Å². The van der Waals surface area contributed by atoms with Crippen LogP contribution in [0.1, 0.15) is 50.7 Å². The fraction of sp³-hybridized carbons (Fsp3) is 0.250. The van der Waals surface area contributed by atoms with Gasteiger partial charge in [-0.05, 0) is 47.2 Å². The van der Waals surface area contributed by atoms with E-state index in [4.69, 9.17) is 0 Å². The number of benzene rings is 3. The molecule has 0 atom stereocenters. The molecule has 0 spiro atoms. The van der Waals surface area contributed by atoms with Crippen LogP contribution in [-0.2, 0) is 10.1 Å². The predicted molar refractivity (Wildman–Crippen MR) is 113 cm³/mol. The number of hydrogen-bond acceptors (Lipinski definition) is 3. The first-order valence-corrected chi connectivity index (χ1v) is 13.6. The predicted octanol–water partition coefficient (Wildman–Crippen LogP) is 3.35. The van der Waals surface area contributed by atoms with E-state index in [1.54, 1.807) is 0 Å². The van der Waals surface area contributed by atoms with Crippen LogP contribution in [0.5, 0.6) is 0 Å². The SMILES string of the molecule is CC(C)c1ccc([I+]c2ccc(C(C)C)cc2)cc1.O=S(=O)([O-])c1c(F)c(F)c(F)c(F)c1F. The van der Waals surface area contributed by atoms with Gasteiger partial charge >= 0.3 is 21.2 Å². The molecular weight excluding hydrogens is 590 g/mol. The highest BCUT2D eigenvalue weighted by Crippen LogP contribution is 2.26. The van der Waals surface area contributed by atoms with Crippen LogP contribution < -0.4 is 21.2 Å². The monoisotopic (exact) mass is 612 g/mol. The third kappa shape index (κ3) is 6.98. The molecule has 0 radical (unpaired) electrons. The number of hydrogen-bond donors (Lipinski definition) is 0. The van der Waals surface area contributed by atoms with Crippen LogP contribution in [-0.4, -0.2) is 13.0 Å². The van der Waals surface area contributed by atoms with Gasteiger partial charge in [-0.1, -0.05) is 52.0 Å². The van der Waals surface area contributed by atoms with Gasteiger partial charge in [0.15, 0.2) is 30.4 Å². The summed E-state index contributed by atoms with van der Waals surface area (Å²) in [6, 6.07) is 18.3. The fourth-order valence-corrected chi connectivity index (χ4v) is 5.53. The number of halogens is 6. The smallest absolute Gasteiger partial charge is 0.357 e. The molecule has 3 rings (SSSR count). The van der Waals surface area contributed by atoms with Crippen molar-refractivity contribution in [3.05, 3.63) is 95.9 Å². The summed E-state index contributed by atoms with van der Waals surface area (Å²) >= 11 is -0.0366. The summed E-state index contributed by atoms with van der Waals surface area (Å²) in [4.78, 5) is -2.38. The molecule has 0 amide bonds. The molecule has 0 fully saturated rings. The lowest BCUT2D eigenvalue weighted by atomic mass is 10.0. The first kappa shape index (κ1) is 28.2. The molecule has 0 saturated carbocycles. The van der Waals surface area contributed by atoms with Crippen LogP contribution in [0.15, 0.2) is 53.4 Å². The molecule has 34 heavy (non-hydrogen) atoms. The zero-order valence-corrected chi connectivity index (χ0v) is 21.6. The first-order valence-electron chi connectivity index (χ1n) is 10.1. The highest BCUT2D eigenvalue weighted by Gasteiger charge is 2.29. The van der Waals surface area contributed by atoms with E-state index in [2.05, 4.69) is 76.2 Å². The van der Waals surface area contributed by atoms with Gasteiger partial charge < -0.3 is 4.55 Å². The molecule has 0 saturated heterocycles. The molecule has 0 N–H and O–H groups in total. The summed E-state index contributed by atoms with van der Waals surface area (Å²) in [7, 11) is -5.77. The normalized spacial score (nSPS) is 11.5. The average Bonchev–Trinajstić information content (AvgIpc) is 2.77. The fourth-order valence-electron chi connectivity index (χ4n) is 2.75. The van der Waals surface area contributed by atoms with Crippen molar-refractivity contribution in [3.8, 4) is 0 Å². The Labute approximate surface area is 206 Å². The average molecular weight is 612 g/mol. The summed E-state index contributed by atoms with van der Waals surface area (Å²) in [5.41, 5.74) is 2.87. The van der Waals surface area contributed by atoms with Crippen LogP contribution in [0.3, 0.4) is 0 Å². The highest BCUT2D eigenvalue weighted by atomic mass is 127. The van der Waals surface area contributed by atoms with Crippen molar-refractivity contribution in [2.24, 2.45) is 0 Å². The van der Waals surface area contributed by atoms with Crippen LogP contribution >= 0.6 is 0 Å². The van der Waals surface area contributed by atoms with Gasteiger partial charge in [-0.2, -0.15) is 0 Å². The molecule has 0 aromatic heterocycles. The third-order valence-electron chi connectivity index (χ3n) is 4.71. The molecular formula is C24H22F5IO3S. The molecule has 3 nitrogen and oxygen atoms in total. The Morgan fingerprint density at radius 2 is 0.912 bits per heavy atom. The van der Waals surface area contributed by atoms with Crippen molar-refractivity contribution in [3.63, 3.8) is 0 Å². The zero-order valence-electron chi connectivity index (χ0n) is 18.7. The van der Waals surface area contributed by atoms with Crippen molar-refractivity contribution in [2.75, 3.05) is 0 Å². The summed E-state index contributed by atoms with van der Waals surface area (Å²) in [5, 5.41) is 0. The van der Waals surface area contributed by atoms with E-state index in [1.807, 2.05) is 0 Å². The van der Waals surface area contributed by atoms with Gasteiger partial charge in [0.2, 0.25) is 5.82 Å². The number of rotatable bonds is 5. The van der Waals surface area contributed by atoms with Crippen molar-refractivity contribution < 1.29 is 56.1 Å². The summed E-state index contributed by atoms with van der Waals surface area (Å²) in [6.45, 7) is 8.98. The van der Waals surface area contributed by atoms with Crippen LogP contribution in [0, 0.1) is 36.2 Å². The second-order valence-electron chi connectivity index (χ2n) is 7.86. The van der Waals surface area contributed by atoms with Crippen molar-refractivity contribution in [1.29, 1.82) is 0 Å². The molecule has 0 aliphatic heterocycles. The Hall–Kier alpha value is -2.05. The lowest BCUT2D eigenvalue weighted by Crippen LogP contribution is -3.61. The van der Waals surface area contributed by atoms with Gasteiger partial charge in [-0.3, -0.25) is 0 Å². The lowest BCUT2D eigenvalue weighted by molar-refractivity contribution is -0.597. The third-order valence-corrected chi connectivity index (χ3v) is 8.25. The maximum absolute atomic E-state index is 12.6. The van der Waals surface area contributed by atoms with E-state index in [-0.39, 0.29) is 21.2 Å². The van der Waals surface area contributed by atoms with Gasteiger partial charge in [0.1, 0.15) is 15.0 Å². The quantitative estimate of drug-likeness (QED) is 0.146. The topological polar surface area (TPSA) is 57.2 Å². The Balaban J connectivity index is 0.000000248. The van der Waals surface area contributed by atoms with Crippen LogP contribution in [0.4, 0.5) is 22.0 Å². The van der Waals surface area contributed by atoms with E-state index in [0.717, 1.165) is 0 Å². The van der Waals surface area contributed by atoms with Crippen molar-refractivity contribution in [1.82, 2.24) is 0 Å². The second kappa shape index (κ2) is 11.6. The van der Waals surface area contributed by atoms with Gasteiger partial charge in [0, 0.05) is 0 Å². The van der Waals surface area contributed by atoms with Crippen molar-refractivity contribution >= 4 is 10.1 Å². The lowest BCUT2D eigenvalue weighted by Gasteiger charge is -2.10. The first-order chi connectivity index (χ1) is 15.7. The van der Waals surface area contributed by atoms with Gasteiger partial charge in [-0.25, -0.2) is 30.4 Å². The summed E-state index contributed by atoms with van der Waals surface area (Å²) in [5.74, 6) is -11.6. The Morgan fingerprint density at radius 3 is 1.18 bits per heavy atom. The van der Waals surface area contributed by atoms with Gasteiger partial charge in [-0.15, -0.1) is 0 Å². The molecule has 0 unspecified atom stereocenters. The Morgan fingerprint density at radius 1 is 0.618 bits per heavy atom. The second-order valence-corrected chi connectivity index (χ2v) is 12.2. The van der Waals surface area contributed by atoms with Crippen molar-refractivity contribution in [2.45, 2.75) is 44.4 Å². The minimum atomic E-state index is -5.77. The van der Waals surface area contributed by atoms with E-state index >= 15 is 0 Å². The van der Waals surface area contributed by atoms with Crippen LogP contribution in [0.2, 0.25) is 0 Å². The zero-order chi connectivity index (χ0) is 25.8. The molecule has 3 aromatic rings. The van der Waals surface area contributed by atoms with E-state index in [9.17, 15) is 34.9 Å².